The molecular weight excluding hydrogens is 246 g/mol. The lowest BCUT2D eigenvalue weighted by Crippen LogP contribution is -1.97. The summed E-state index contributed by atoms with van der Waals surface area (Å²) in [6, 6.07) is 17.7. The summed E-state index contributed by atoms with van der Waals surface area (Å²) < 4.78 is 0. The first-order valence-electron chi connectivity index (χ1n) is 6.85. The van der Waals surface area contributed by atoms with E-state index in [1.807, 2.05) is 54.6 Å². The summed E-state index contributed by atoms with van der Waals surface area (Å²) in [6.07, 6.45) is 0. The monoisotopic (exact) mass is 263 g/mol. The molecule has 1 N–H and O–H groups in total. The minimum Gasteiger partial charge on any atom is -0.505 e. The molecular formula is C18H17NO. The molecule has 0 aliphatic carbocycles. The molecule has 0 fully saturated rings. The zero-order chi connectivity index (χ0) is 14.1. The molecule has 2 aromatic carbocycles. The van der Waals surface area contributed by atoms with Crippen LogP contribution in [0.15, 0.2) is 54.6 Å². The van der Waals surface area contributed by atoms with E-state index in [0.717, 1.165) is 22.0 Å². The van der Waals surface area contributed by atoms with Crippen molar-refractivity contribution in [1.29, 1.82) is 0 Å². The van der Waals surface area contributed by atoms with Gasteiger partial charge in [0.25, 0.3) is 0 Å². The van der Waals surface area contributed by atoms with Crippen LogP contribution in [0, 0.1) is 0 Å². The second-order valence-electron chi connectivity index (χ2n) is 5.26. The van der Waals surface area contributed by atoms with Crippen molar-refractivity contribution in [1.82, 2.24) is 4.98 Å². The van der Waals surface area contributed by atoms with Crippen LogP contribution in [-0.4, -0.2) is 10.1 Å². The Kier molecular flexibility index (Phi) is 3.15. The van der Waals surface area contributed by atoms with Crippen molar-refractivity contribution in [2.45, 2.75) is 19.8 Å². The number of aromatic hydroxyl groups is 1. The molecule has 0 atom stereocenters. The molecule has 100 valence electrons. The molecule has 2 nitrogen and oxygen atoms in total. The van der Waals surface area contributed by atoms with E-state index >= 15 is 0 Å². The maximum absolute atomic E-state index is 10.5. The average Bonchev–Trinajstić information content (AvgIpc) is 2.48. The molecule has 0 bridgehead atoms. The van der Waals surface area contributed by atoms with E-state index in [1.54, 1.807) is 0 Å². The molecule has 3 rings (SSSR count). The molecule has 2 heteroatoms. The Bertz CT molecular complexity index is 748. The SMILES string of the molecule is CC(C)c1nc(-c2ccccc2)c(O)c2ccccc12. The first kappa shape index (κ1) is 12.7. The number of aromatic nitrogens is 1. The van der Waals surface area contributed by atoms with Crippen molar-refractivity contribution in [3.63, 3.8) is 0 Å². The fourth-order valence-corrected chi connectivity index (χ4v) is 2.51. The molecule has 0 spiro atoms. The zero-order valence-corrected chi connectivity index (χ0v) is 11.7. The van der Waals surface area contributed by atoms with Gasteiger partial charge in [-0.25, -0.2) is 4.98 Å². The van der Waals surface area contributed by atoms with Gasteiger partial charge in [-0.05, 0) is 5.92 Å². The molecule has 0 saturated carbocycles. The number of hydrogen-bond acceptors (Lipinski definition) is 2. The summed E-state index contributed by atoms with van der Waals surface area (Å²) in [6.45, 7) is 4.25. The third-order valence-electron chi connectivity index (χ3n) is 3.51. The van der Waals surface area contributed by atoms with Gasteiger partial charge < -0.3 is 5.11 Å². The summed E-state index contributed by atoms with van der Waals surface area (Å²) >= 11 is 0. The predicted molar refractivity (Wildman–Crippen MR) is 82.9 cm³/mol. The average molecular weight is 263 g/mol. The van der Waals surface area contributed by atoms with Gasteiger partial charge in [-0.1, -0.05) is 68.4 Å². The number of hydrogen-bond donors (Lipinski definition) is 1. The number of fused-ring (bicyclic) bond motifs is 1. The topological polar surface area (TPSA) is 33.1 Å². The van der Waals surface area contributed by atoms with E-state index in [-0.39, 0.29) is 5.75 Å². The molecule has 0 unspecified atom stereocenters. The highest BCUT2D eigenvalue weighted by Crippen LogP contribution is 2.37. The summed E-state index contributed by atoms with van der Waals surface area (Å²) in [7, 11) is 0. The first-order valence-corrected chi connectivity index (χ1v) is 6.85. The third kappa shape index (κ3) is 2.03. The Morgan fingerprint density at radius 3 is 2.10 bits per heavy atom. The normalized spacial score (nSPS) is 11.2. The Labute approximate surface area is 118 Å². The summed E-state index contributed by atoms with van der Waals surface area (Å²) in [5.74, 6) is 0.569. The molecule has 3 aromatic rings. The largest absolute Gasteiger partial charge is 0.505 e. The van der Waals surface area contributed by atoms with Gasteiger partial charge in [0.15, 0.2) is 0 Å². The van der Waals surface area contributed by atoms with Crippen LogP contribution in [0.5, 0.6) is 5.75 Å². The lowest BCUT2D eigenvalue weighted by Gasteiger charge is -2.14. The van der Waals surface area contributed by atoms with Crippen LogP contribution >= 0.6 is 0 Å². The van der Waals surface area contributed by atoms with Gasteiger partial charge in [-0.15, -0.1) is 0 Å². The second kappa shape index (κ2) is 4.97. The Balaban J connectivity index is 2.37. The maximum atomic E-state index is 10.5. The highest BCUT2D eigenvalue weighted by Gasteiger charge is 2.15. The lowest BCUT2D eigenvalue weighted by atomic mass is 9.98. The van der Waals surface area contributed by atoms with Crippen molar-refractivity contribution in [3.8, 4) is 17.0 Å². The Morgan fingerprint density at radius 1 is 0.850 bits per heavy atom. The van der Waals surface area contributed by atoms with E-state index in [0.29, 0.717) is 11.6 Å². The van der Waals surface area contributed by atoms with Gasteiger partial charge in [0.2, 0.25) is 0 Å². The van der Waals surface area contributed by atoms with Crippen LogP contribution < -0.4 is 0 Å². The highest BCUT2D eigenvalue weighted by atomic mass is 16.3. The quantitative estimate of drug-likeness (QED) is 0.725. The van der Waals surface area contributed by atoms with Gasteiger partial charge in [0, 0.05) is 16.3 Å². The third-order valence-corrected chi connectivity index (χ3v) is 3.51. The minimum absolute atomic E-state index is 0.260. The molecule has 0 aliphatic rings. The fourth-order valence-electron chi connectivity index (χ4n) is 2.51. The lowest BCUT2D eigenvalue weighted by molar-refractivity contribution is 0.481. The van der Waals surface area contributed by atoms with Crippen molar-refractivity contribution >= 4 is 10.8 Å². The number of benzene rings is 2. The van der Waals surface area contributed by atoms with Crippen LogP contribution in [0.2, 0.25) is 0 Å². The van der Waals surface area contributed by atoms with E-state index < -0.39 is 0 Å². The van der Waals surface area contributed by atoms with Gasteiger partial charge in [-0.2, -0.15) is 0 Å². The highest BCUT2D eigenvalue weighted by molar-refractivity contribution is 5.94. The second-order valence-corrected chi connectivity index (χ2v) is 5.26. The molecule has 0 saturated heterocycles. The Hall–Kier alpha value is -2.35. The molecule has 20 heavy (non-hydrogen) atoms. The molecule has 1 heterocycles. The number of nitrogens with zero attached hydrogens (tertiary/aromatic N) is 1. The van der Waals surface area contributed by atoms with Crippen molar-refractivity contribution < 1.29 is 5.11 Å². The summed E-state index contributed by atoms with van der Waals surface area (Å²) in [5, 5.41) is 12.4. The van der Waals surface area contributed by atoms with Crippen LogP contribution in [0.1, 0.15) is 25.5 Å². The fraction of sp³-hybridized carbons (Fsp3) is 0.167. The van der Waals surface area contributed by atoms with Gasteiger partial charge >= 0.3 is 0 Å². The minimum atomic E-state index is 0.260. The first-order chi connectivity index (χ1) is 9.68. The van der Waals surface area contributed by atoms with Gasteiger partial charge in [-0.3, -0.25) is 0 Å². The summed E-state index contributed by atoms with van der Waals surface area (Å²) in [5.41, 5.74) is 2.63. The van der Waals surface area contributed by atoms with Crippen molar-refractivity contribution in [3.05, 3.63) is 60.3 Å². The van der Waals surface area contributed by atoms with E-state index in [9.17, 15) is 5.11 Å². The van der Waals surface area contributed by atoms with E-state index in [2.05, 4.69) is 13.8 Å². The van der Waals surface area contributed by atoms with Crippen LogP contribution in [0.25, 0.3) is 22.0 Å². The molecule has 0 radical (unpaired) electrons. The molecule has 0 aliphatic heterocycles. The van der Waals surface area contributed by atoms with Crippen LogP contribution in [0.4, 0.5) is 0 Å². The Morgan fingerprint density at radius 2 is 1.45 bits per heavy atom. The van der Waals surface area contributed by atoms with Crippen molar-refractivity contribution in [2.75, 3.05) is 0 Å². The van der Waals surface area contributed by atoms with E-state index in [1.165, 1.54) is 0 Å². The standard InChI is InChI=1S/C18H17NO/c1-12(2)16-14-10-6-7-11-15(14)18(20)17(19-16)13-8-4-3-5-9-13/h3-12,20H,1-2H3. The summed E-state index contributed by atoms with van der Waals surface area (Å²) in [4.78, 5) is 4.72. The smallest absolute Gasteiger partial charge is 0.149 e. The van der Waals surface area contributed by atoms with Crippen molar-refractivity contribution in [2.24, 2.45) is 0 Å². The number of rotatable bonds is 2. The van der Waals surface area contributed by atoms with E-state index in [4.69, 9.17) is 4.98 Å². The zero-order valence-electron chi connectivity index (χ0n) is 11.7. The maximum Gasteiger partial charge on any atom is 0.149 e. The molecule has 0 amide bonds. The molecule has 1 aromatic heterocycles. The predicted octanol–water partition coefficient (Wildman–Crippen LogP) is 4.73. The van der Waals surface area contributed by atoms with Gasteiger partial charge in [0.05, 0.1) is 5.69 Å². The van der Waals surface area contributed by atoms with Crippen LogP contribution in [-0.2, 0) is 0 Å². The van der Waals surface area contributed by atoms with Crippen LogP contribution in [0.3, 0.4) is 0 Å². The van der Waals surface area contributed by atoms with Gasteiger partial charge in [0.1, 0.15) is 11.4 Å². The number of pyridine rings is 1.